The number of carbonyl (C=O) groups excluding carboxylic acids is 1. The molecular formula is C17H18FN7O3S. The molecule has 3 heterocycles. The van der Waals surface area contributed by atoms with E-state index in [1.165, 1.54) is 12.4 Å². The highest BCUT2D eigenvalue weighted by Crippen LogP contribution is 2.18. The van der Waals surface area contributed by atoms with Crippen molar-refractivity contribution in [1.82, 2.24) is 24.7 Å². The average Bonchev–Trinajstić information content (AvgIpc) is 3.16. The van der Waals surface area contributed by atoms with Gasteiger partial charge in [0.25, 0.3) is 0 Å². The topological polar surface area (TPSA) is 127 Å². The number of carbonyl (C=O) groups is 1. The van der Waals surface area contributed by atoms with Gasteiger partial charge in [0.1, 0.15) is 22.9 Å². The number of amides is 1. The first kappa shape index (κ1) is 19.2. The van der Waals surface area contributed by atoms with Gasteiger partial charge in [0, 0.05) is 26.2 Å². The molecule has 1 saturated heterocycles. The fraction of sp³-hybridized carbons (Fsp3) is 0.294. The first-order valence-corrected chi connectivity index (χ1v) is 10.4. The number of anilines is 1. The van der Waals surface area contributed by atoms with Gasteiger partial charge in [-0.3, -0.25) is 4.79 Å². The first-order chi connectivity index (χ1) is 13.8. The second-order valence-corrected chi connectivity index (χ2v) is 8.21. The van der Waals surface area contributed by atoms with Gasteiger partial charge in [0.15, 0.2) is 5.65 Å². The van der Waals surface area contributed by atoms with Crippen molar-refractivity contribution in [2.24, 2.45) is 5.14 Å². The molecule has 12 heteroatoms. The Kier molecular flexibility index (Phi) is 4.88. The number of nitrogens with zero attached hydrogens (tertiary/aromatic N) is 6. The van der Waals surface area contributed by atoms with E-state index < -0.39 is 20.7 Å². The number of hydrogen-bond donors (Lipinski definition) is 1. The normalized spacial score (nSPS) is 15.1. The molecule has 4 rings (SSSR count). The van der Waals surface area contributed by atoms with Crippen LogP contribution < -0.4 is 10.0 Å². The summed E-state index contributed by atoms with van der Waals surface area (Å²) in [7, 11) is -4.19. The van der Waals surface area contributed by atoms with E-state index in [1.54, 1.807) is 9.42 Å². The lowest BCUT2D eigenvalue weighted by atomic mass is 10.1. The summed E-state index contributed by atoms with van der Waals surface area (Å²) in [5.41, 5.74) is 1.04. The number of sulfonamides is 1. The van der Waals surface area contributed by atoms with E-state index in [2.05, 4.69) is 20.2 Å². The number of rotatable bonds is 4. The predicted molar refractivity (Wildman–Crippen MR) is 101 cm³/mol. The second-order valence-electron chi connectivity index (χ2n) is 6.68. The maximum atomic E-state index is 13.7. The number of nitrogens with two attached hydrogens (primary N) is 1. The van der Waals surface area contributed by atoms with Gasteiger partial charge in [-0.05, 0) is 29.8 Å². The van der Waals surface area contributed by atoms with Crippen molar-refractivity contribution in [2.45, 2.75) is 11.3 Å². The van der Waals surface area contributed by atoms with Crippen molar-refractivity contribution >= 4 is 27.4 Å². The molecule has 1 amide bonds. The smallest absolute Gasteiger partial charge is 0.240 e. The third-order valence-corrected chi connectivity index (χ3v) is 5.69. The number of halogens is 1. The SMILES string of the molecule is NS(=O)(=O)c1cc(CC(=O)N2CCN(c3ccc4nncn4n3)CC2)ccc1F. The average molecular weight is 419 g/mol. The van der Waals surface area contributed by atoms with E-state index >= 15 is 0 Å². The maximum absolute atomic E-state index is 13.7. The Labute approximate surface area is 165 Å². The van der Waals surface area contributed by atoms with Crippen molar-refractivity contribution in [3.05, 3.63) is 48.0 Å². The summed E-state index contributed by atoms with van der Waals surface area (Å²) in [6, 6.07) is 7.18. The van der Waals surface area contributed by atoms with Crippen LogP contribution in [0.15, 0.2) is 41.6 Å². The Hall–Kier alpha value is -3.12. The largest absolute Gasteiger partial charge is 0.352 e. The van der Waals surface area contributed by atoms with Crippen molar-refractivity contribution in [2.75, 3.05) is 31.1 Å². The zero-order valence-electron chi connectivity index (χ0n) is 15.3. The van der Waals surface area contributed by atoms with E-state index in [0.717, 1.165) is 18.0 Å². The van der Waals surface area contributed by atoms with Crippen LogP contribution in [0, 0.1) is 5.82 Å². The molecule has 0 unspecified atom stereocenters. The number of benzene rings is 1. The minimum Gasteiger partial charge on any atom is -0.352 e. The summed E-state index contributed by atoms with van der Waals surface area (Å²) in [6.07, 6.45) is 1.49. The van der Waals surface area contributed by atoms with Crippen LogP contribution in [0.2, 0.25) is 0 Å². The van der Waals surface area contributed by atoms with Gasteiger partial charge in [0.2, 0.25) is 15.9 Å². The van der Waals surface area contributed by atoms with Crippen molar-refractivity contribution < 1.29 is 17.6 Å². The molecule has 10 nitrogen and oxygen atoms in total. The fourth-order valence-corrected chi connectivity index (χ4v) is 3.89. The number of primary sulfonamides is 1. The lowest BCUT2D eigenvalue weighted by Crippen LogP contribution is -2.49. The monoisotopic (exact) mass is 419 g/mol. The number of fused-ring (bicyclic) bond motifs is 1. The zero-order valence-corrected chi connectivity index (χ0v) is 16.1. The van der Waals surface area contributed by atoms with Gasteiger partial charge < -0.3 is 9.80 Å². The molecule has 1 aromatic carbocycles. The highest BCUT2D eigenvalue weighted by atomic mass is 32.2. The van der Waals surface area contributed by atoms with E-state index in [9.17, 15) is 17.6 Å². The van der Waals surface area contributed by atoms with Crippen LogP contribution in [0.3, 0.4) is 0 Å². The molecule has 0 atom stereocenters. The van der Waals surface area contributed by atoms with Crippen LogP contribution in [0.1, 0.15) is 5.56 Å². The number of hydrogen-bond acceptors (Lipinski definition) is 7. The van der Waals surface area contributed by atoms with Gasteiger partial charge >= 0.3 is 0 Å². The first-order valence-electron chi connectivity index (χ1n) is 8.82. The lowest BCUT2D eigenvalue weighted by Gasteiger charge is -2.35. The molecule has 1 aliphatic rings. The molecule has 29 heavy (non-hydrogen) atoms. The maximum Gasteiger partial charge on any atom is 0.240 e. The van der Waals surface area contributed by atoms with Gasteiger partial charge in [0.05, 0.1) is 6.42 Å². The van der Waals surface area contributed by atoms with E-state index in [-0.39, 0.29) is 12.3 Å². The summed E-state index contributed by atoms with van der Waals surface area (Å²) in [6.45, 7) is 2.17. The molecule has 1 fully saturated rings. The highest BCUT2D eigenvalue weighted by Gasteiger charge is 2.23. The standard InChI is InChI=1S/C17H18FN7O3S/c18-13-2-1-12(9-14(13)29(19,27)28)10-17(26)24-7-5-23(6-8-24)16-4-3-15-21-20-11-25(15)22-16/h1-4,9,11H,5-8,10H2,(H2,19,27,28). The minimum atomic E-state index is -4.19. The van der Waals surface area contributed by atoms with Crippen molar-refractivity contribution in [1.29, 1.82) is 0 Å². The number of piperazine rings is 1. The molecule has 0 aliphatic carbocycles. The quantitative estimate of drug-likeness (QED) is 0.621. The van der Waals surface area contributed by atoms with Crippen molar-refractivity contribution in [3.8, 4) is 0 Å². The Bertz CT molecular complexity index is 1170. The lowest BCUT2D eigenvalue weighted by molar-refractivity contribution is -0.130. The van der Waals surface area contributed by atoms with E-state index in [0.29, 0.717) is 37.4 Å². The minimum absolute atomic E-state index is 0.0340. The fourth-order valence-electron chi connectivity index (χ4n) is 3.23. The van der Waals surface area contributed by atoms with Crippen LogP contribution in [0.4, 0.5) is 10.2 Å². The van der Waals surface area contributed by atoms with Gasteiger partial charge in [-0.15, -0.1) is 15.3 Å². The van der Waals surface area contributed by atoms with Crippen LogP contribution in [-0.4, -0.2) is 65.2 Å². The highest BCUT2D eigenvalue weighted by molar-refractivity contribution is 7.89. The Balaban J connectivity index is 1.40. The van der Waals surface area contributed by atoms with Gasteiger partial charge in [-0.1, -0.05) is 6.07 Å². The van der Waals surface area contributed by atoms with E-state index in [1.807, 2.05) is 12.1 Å². The summed E-state index contributed by atoms with van der Waals surface area (Å²) in [5, 5.41) is 17.2. The summed E-state index contributed by atoms with van der Waals surface area (Å²) >= 11 is 0. The molecule has 152 valence electrons. The summed E-state index contributed by atoms with van der Waals surface area (Å²) < 4.78 is 38.2. The van der Waals surface area contributed by atoms with Crippen LogP contribution in [0.5, 0.6) is 0 Å². The summed E-state index contributed by atoms with van der Waals surface area (Å²) in [4.78, 5) is 15.7. The molecule has 2 N–H and O–H groups in total. The molecule has 2 aromatic heterocycles. The third kappa shape index (κ3) is 4.03. The Morgan fingerprint density at radius 2 is 1.90 bits per heavy atom. The predicted octanol–water partition coefficient (Wildman–Crippen LogP) is -0.198. The van der Waals surface area contributed by atoms with Gasteiger partial charge in [-0.25, -0.2) is 17.9 Å². The molecular weight excluding hydrogens is 401 g/mol. The Morgan fingerprint density at radius 1 is 1.14 bits per heavy atom. The summed E-state index contributed by atoms with van der Waals surface area (Å²) in [5.74, 6) is -0.338. The zero-order chi connectivity index (χ0) is 20.6. The van der Waals surface area contributed by atoms with Gasteiger partial charge in [-0.2, -0.15) is 4.52 Å². The molecule has 0 radical (unpaired) electrons. The van der Waals surface area contributed by atoms with Crippen LogP contribution >= 0.6 is 0 Å². The van der Waals surface area contributed by atoms with Crippen LogP contribution in [0.25, 0.3) is 5.65 Å². The molecule has 0 bridgehead atoms. The molecule has 0 spiro atoms. The molecule has 3 aromatic rings. The van der Waals surface area contributed by atoms with E-state index in [4.69, 9.17) is 5.14 Å². The number of aromatic nitrogens is 4. The molecule has 0 saturated carbocycles. The second kappa shape index (κ2) is 7.37. The molecule has 1 aliphatic heterocycles. The van der Waals surface area contributed by atoms with Crippen molar-refractivity contribution in [3.63, 3.8) is 0 Å². The van der Waals surface area contributed by atoms with Crippen LogP contribution in [-0.2, 0) is 21.2 Å². The third-order valence-electron chi connectivity index (χ3n) is 4.76. The Morgan fingerprint density at radius 3 is 2.62 bits per heavy atom.